The van der Waals surface area contributed by atoms with E-state index >= 15 is 0 Å². The molecule has 0 radical (unpaired) electrons. The van der Waals surface area contributed by atoms with E-state index in [2.05, 4.69) is 10.3 Å². The van der Waals surface area contributed by atoms with Gasteiger partial charge >= 0.3 is 0 Å². The lowest BCUT2D eigenvalue weighted by Gasteiger charge is -2.17. The minimum absolute atomic E-state index is 0.0519. The molecule has 2 aromatic carbocycles. The van der Waals surface area contributed by atoms with Crippen molar-refractivity contribution >= 4 is 5.91 Å². The van der Waals surface area contributed by atoms with Crippen LogP contribution in [0.5, 0.6) is 11.5 Å². The fourth-order valence-electron chi connectivity index (χ4n) is 3.24. The number of aromatic nitrogens is 2. The standard InChI is InChI=1S/C23H27N3O4/c1-5-18(14-28-2)25-23(27)20-13-24-15-26(20)19-8-6-7-16(11-19)17-9-10-21(29-3)22(12-17)30-4/h6-13,15,18H,5,14H2,1-4H3,(H,25,27)/t18-/m0/s1. The summed E-state index contributed by atoms with van der Waals surface area (Å²) in [5, 5.41) is 3.00. The first-order chi connectivity index (χ1) is 14.6. The van der Waals surface area contributed by atoms with Crippen LogP contribution in [0, 0.1) is 0 Å². The number of carbonyl (C=O) groups is 1. The molecule has 1 atom stereocenters. The summed E-state index contributed by atoms with van der Waals surface area (Å²) < 4.78 is 17.7. The lowest BCUT2D eigenvalue weighted by molar-refractivity contribution is 0.0888. The van der Waals surface area contributed by atoms with Crippen molar-refractivity contribution in [1.29, 1.82) is 0 Å². The van der Waals surface area contributed by atoms with Crippen LogP contribution in [0.4, 0.5) is 0 Å². The number of imidazole rings is 1. The first kappa shape index (κ1) is 21.4. The Bertz CT molecular complexity index is 1000. The van der Waals surface area contributed by atoms with Crippen molar-refractivity contribution in [3.8, 4) is 28.3 Å². The first-order valence-corrected chi connectivity index (χ1v) is 9.76. The Morgan fingerprint density at radius 1 is 1.07 bits per heavy atom. The first-order valence-electron chi connectivity index (χ1n) is 9.76. The van der Waals surface area contributed by atoms with E-state index in [4.69, 9.17) is 14.2 Å². The number of ether oxygens (including phenoxy) is 3. The molecule has 0 saturated heterocycles. The van der Waals surface area contributed by atoms with Gasteiger partial charge in [-0.2, -0.15) is 0 Å². The molecular formula is C23H27N3O4. The van der Waals surface area contributed by atoms with Gasteiger partial charge in [0.15, 0.2) is 11.5 Å². The molecule has 1 aromatic heterocycles. The number of benzene rings is 2. The van der Waals surface area contributed by atoms with E-state index in [-0.39, 0.29) is 11.9 Å². The fraction of sp³-hybridized carbons (Fsp3) is 0.304. The molecule has 0 bridgehead atoms. The highest BCUT2D eigenvalue weighted by Gasteiger charge is 2.17. The predicted molar refractivity (Wildman–Crippen MR) is 116 cm³/mol. The van der Waals surface area contributed by atoms with Crippen molar-refractivity contribution in [1.82, 2.24) is 14.9 Å². The van der Waals surface area contributed by atoms with Gasteiger partial charge in [0.1, 0.15) is 5.69 Å². The maximum atomic E-state index is 12.8. The summed E-state index contributed by atoms with van der Waals surface area (Å²) in [5.74, 6) is 1.15. The van der Waals surface area contributed by atoms with Crippen molar-refractivity contribution < 1.29 is 19.0 Å². The summed E-state index contributed by atoms with van der Waals surface area (Å²) in [6, 6.07) is 13.6. The van der Waals surface area contributed by atoms with E-state index in [1.807, 2.05) is 49.4 Å². The summed E-state index contributed by atoms with van der Waals surface area (Å²) >= 11 is 0. The molecule has 0 aliphatic rings. The Labute approximate surface area is 176 Å². The second-order valence-electron chi connectivity index (χ2n) is 6.80. The molecule has 0 aliphatic carbocycles. The zero-order chi connectivity index (χ0) is 21.5. The third-order valence-corrected chi connectivity index (χ3v) is 4.91. The molecule has 1 N–H and O–H groups in total. The number of nitrogens with zero attached hydrogens (tertiary/aromatic N) is 2. The van der Waals surface area contributed by atoms with E-state index in [1.165, 1.54) is 0 Å². The van der Waals surface area contributed by atoms with Gasteiger partial charge in [-0.3, -0.25) is 9.36 Å². The lowest BCUT2D eigenvalue weighted by Crippen LogP contribution is -2.38. The van der Waals surface area contributed by atoms with Crippen molar-refractivity contribution in [3.05, 3.63) is 60.7 Å². The average molecular weight is 409 g/mol. The molecule has 0 fully saturated rings. The van der Waals surface area contributed by atoms with E-state index in [0.29, 0.717) is 23.8 Å². The van der Waals surface area contributed by atoms with Crippen LogP contribution in [0.1, 0.15) is 23.8 Å². The van der Waals surface area contributed by atoms with Gasteiger partial charge in [0, 0.05) is 12.8 Å². The molecule has 0 saturated carbocycles. The number of methoxy groups -OCH3 is 3. The van der Waals surface area contributed by atoms with Crippen molar-refractivity contribution in [2.45, 2.75) is 19.4 Å². The van der Waals surface area contributed by atoms with Crippen molar-refractivity contribution in [3.63, 3.8) is 0 Å². The van der Waals surface area contributed by atoms with E-state index in [9.17, 15) is 4.79 Å². The van der Waals surface area contributed by atoms with Gasteiger partial charge < -0.3 is 19.5 Å². The van der Waals surface area contributed by atoms with Crippen LogP contribution in [0.15, 0.2) is 55.0 Å². The van der Waals surface area contributed by atoms with Crippen LogP contribution >= 0.6 is 0 Å². The van der Waals surface area contributed by atoms with Crippen LogP contribution in [0.25, 0.3) is 16.8 Å². The Balaban J connectivity index is 1.91. The molecule has 158 valence electrons. The summed E-state index contributed by atoms with van der Waals surface area (Å²) in [6.45, 7) is 2.47. The minimum atomic E-state index is -0.187. The third kappa shape index (κ3) is 4.63. The number of amides is 1. The number of carbonyl (C=O) groups excluding carboxylic acids is 1. The Hall–Kier alpha value is -3.32. The highest BCUT2D eigenvalue weighted by atomic mass is 16.5. The second-order valence-corrected chi connectivity index (χ2v) is 6.80. The van der Waals surface area contributed by atoms with Gasteiger partial charge in [0.05, 0.1) is 39.4 Å². The second kappa shape index (κ2) is 9.93. The fourth-order valence-corrected chi connectivity index (χ4v) is 3.24. The van der Waals surface area contributed by atoms with Crippen LogP contribution in [-0.2, 0) is 4.74 Å². The molecule has 1 amide bonds. The lowest BCUT2D eigenvalue weighted by atomic mass is 10.0. The normalized spacial score (nSPS) is 11.7. The quantitative estimate of drug-likeness (QED) is 0.583. The molecule has 3 aromatic rings. The average Bonchev–Trinajstić information content (AvgIpc) is 3.28. The summed E-state index contributed by atoms with van der Waals surface area (Å²) in [7, 11) is 4.85. The van der Waals surface area contributed by atoms with Crippen LogP contribution in [-0.4, -0.2) is 49.4 Å². The highest BCUT2D eigenvalue weighted by molar-refractivity contribution is 5.93. The molecule has 30 heavy (non-hydrogen) atoms. The zero-order valence-corrected chi connectivity index (χ0v) is 17.7. The van der Waals surface area contributed by atoms with E-state index < -0.39 is 0 Å². The topological polar surface area (TPSA) is 74.6 Å². The molecular weight excluding hydrogens is 382 g/mol. The maximum Gasteiger partial charge on any atom is 0.270 e. The number of nitrogens with one attached hydrogen (secondary N) is 1. The van der Waals surface area contributed by atoms with Crippen molar-refractivity contribution in [2.75, 3.05) is 27.9 Å². The third-order valence-electron chi connectivity index (χ3n) is 4.91. The zero-order valence-electron chi connectivity index (χ0n) is 17.7. The SMILES string of the molecule is CC[C@@H](COC)NC(=O)c1cncn1-c1cccc(-c2ccc(OC)c(OC)c2)c1. The molecule has 0 spiro atoms. The Morgan fingerprint density at radius 3 is 2.53 bits per heavy atom. The maximum absolute atomic E-state index is 12.8. The smallest absolute Gasteiger partial charge is 0.270 e. The van der Waals surface area contributed by atoms with Gasteiger partial charge in [0.25, 0.3) is 5.91 Å². The minimum Gasteiger partial charge on any atom is -0.493 e. The molecule has 7 heteroatoms. The van der Waals surface area contributed by atoms with Crippen LogP contribution in [0.2, 0.25) is 0 Å². The number of hydrogen-bond donors (Lipinski definition) is 1. The Morgan fingerprint density at radius 2 is 1.83 bits per heavy atom. The predicted octanol–water partition coefficient (Wildman–Crippen LogP) is 3.71. The molecule has 0 unspecified atom stereocenters. The van der Waals surface area contributed by atoms with Gasteiger partial charge in [-0.15, -0.1) is 0 Å². The molecule has 0 aliphatic heterocycles. The highest BCUT2D eigenvalue weighted by Crippen LogP contribution is 2.33. The van der Waals surface area contributed by atoms with Gasteiger partial charge in [-0.1, -0.05) is 25.1 Å². The summed E-state index contributed by atoms with van der Waals surface area (Å²) in [5.41, 5.74) is 3.27. The van der Waals surface area contributed by atoms with E-state index in [1.54, 1.807) is 38.4 Å². The van der Waals surface area contributed by atoms with Crippen molar-refractivity contribution in [2.24, 2.45) is 0 Å². The summed E-state index contributed by atoms with van der Waals surface area (Å²) in [4.78, 5) is 17.0. The monoisotopic (exact) mass is 409 g/mol. The molecule has 7 nitrogen and oxygen atoms in total. The van der Waals surface area contributed by atoms with E-state index in [0.717, 1.165) is 23.2 Å². The summed E-state index contributed by atoms with van der Waals surface area (Å²) in [6.07, 6.45) is 3.99. The van der Waals surface area contributed by atoms with Gasteiger partial charge in [0.2, 0.25) is 0 Å². The Kier molecular flexibility index (Phi) is 7.08. The number of hydrogen-bond acceptors (Lipinski definition) is 5. The number of rotatable bonds is 9. The molecule has 3 rings (SSSR count). The van der Waals surface area contributed by atoms with Crippen LogP contribution in [0.3, 0.4) is 0 Å². The van der Waals surface area contributed by atoms with Crippen LogP contribution < -0.4 is 14.8 Å². The van der Waals surface area contributed by atoms with Gasteiger partial charge in [-0.25, -0.2) is 4.98 Å². The molecule has 1 heterocycles. The van der Waals surface area contributed by atoms with Gasteiger partial charge in [-0.05, 0) is 41.8 Å². The largest absolute Gasteiger partial charge is 0.493 e.